The van der Waals surface area contributed by atoms with Gasteiger partial charge in [-0.3, -0.25) is 4.90 Å². The second-order valence-corrected chi connectivity index (χ2v) is 6.82. The van der Waals surface area contributed by atoms with E-state index in [2.05, 4.69) is 30.7 Å². The van der Waals surface area contributed by atoms with E-state index in [4.69, 9.17) is 9.47 Å². The second-order valence-electron chi connectivity index (χ2n) is 6.82. The first-order valence-electron chi connectivity index (χ1n) is 8.56. The molecule has 0 saturated carbocycles. The van der Waals surface area contributed by atoms with Crippen LogP contribution in [0.2, 0.25) is 0 Å². The number of morpholine rings is 1. The molecule has 1 N–H and O–H groups in total. The van der Waals surface area contributed by atoms with Gasteiger partial charge in [0.2, 0.25) is 0 Å². The van der Waals surface area contributed by atoms with E-state index in [1.54, 1.807) is 0 Å². The molecule has 23 heavy (non-hydrogen) atoms. The summed E-state index contributed by atoms with van der Waals surface area (Å²) in [7, 11) is 2.07. The molecule has 0 aromatic heterocycles. The number of aliphatic hydroxyl groups is 1. The lowest BCUT2D eigenvalue weighted by molar-refractivity contribution is -0.0702. The van der Waals surface area contributed by atoms with Crippen LogP contribution in [0.3, 0.4) is 0 Å². The van der Waals surface area contributed by atoms with Crippen molar-refractivity contribution >= 4 is 5.69 Å². The van der Waals surface area contributed by atoms with E-state index >= 15 is 0 Å². The highest BCUT2D eigenvalue weighted by Gasteiger charge is 2.23. The fourth-order valence-corrected chi connectivity index (χ4v) is 3.52. The van der Waals surface area contributed by atoms with Crippen LogP contribution in [0.5, 0.6) is 5.75 Å². The largest absolute Gasteiger partial charge is 0.490 e. The Morgan fingerprint density at radius 1 is 1.26 bits per heavy atom. The Labute approximate surface area is 138 Å². The molecule has 0 amide bonds. The number of nitrogens with zero attached hydrogens (tertiary/aromatic N) is 2. The van der Waals surface area contributed by atoms with Gasteiger partial charge in [-0.25, -0.2) is 0 Å². The molecule has 0 bridgehead atoms. The Bertz CT molecular complexity index is 527. The maximum Gasteiger partial charge on any atom is 0.143 e. The van der Waals surface area contributed by atoms with E-state index in [1.807, 2.05) is 18.2 Å². The lowest BCUT2D eigenvalue weighted by Crippen LogP contribution is -2.45. The Kier molecular flexibility index (Phi) is 5.09. The van der Waals surface area contributed by atoms with Gasteiger partial charge in [-0.05, 0) is 38.0 Å². The lowest BCUT2D eigenvalue weighted by Gasteiger charge is -2.35. The number of anilines is 1. The summed E-state index contributed by atoms with van der Waals surface area (Å²) in [5.41, 5.74) is 2.04. The van der Waals surface area contributed by atoms with E-state index in [1.165, 1.54) is 0 Å². The van der Waals surface area contributed by atoms with Gasteiger partial charge < -0.3 is 19.5 Å². The molecular formula is C18H28N2O3. The van der Waals surface area contributed by atoms with Gasteiger partial charge in [0.1, 0.15) is 12.4 Å². The number of likely N-dealkylation sites (N-methyl/N-ethyl adjacent to an activating group) is 1. The Balaban J connectivity index is 1.59. The summed E-state index contributed by atoms with van der Waals surface area (Å²) in [5, 5.41) is 10.5. The molecule has 5 heteroatoms. The normalized spacial score (nSPS) is 26.5. The van der Waals surface area contributed by atoms with Gasteiger partial charge in [0.15, 0.2) is 0 Å². The predicted octanol–water partition coefficient (Wildman–Crippen LogP) is 2.05. The minimum Gasteiger partial charge on any atom is -0.490 e. The smallest absolute Gasteiger partial charge is 0.143 e. The quantitative estimate of drug-likeness (QED) is 0.920. The summed E-state index contributed by atoms with van der Waals surface area (Å²) >= 11 is 0. The molecule has 2 heterocycles. The number of benzene rings is 1. The van der Waals surface area contributed by atoms with E-state index in [-0.39, 0.29) is 12.2 Å². The number of hydrogen-bond donors (Lipinski definition) is 1. The lowest BCUT2D eigenvalue weighted by atomic mass is 10.0. The minimum absolute atomic E-state index is 0.267. The molecule has 2 aliphatic rings. The van der Waals surface area contributed by atoms with Gasteiger partial charge in [0, 0.05) is 26.7 Å². The molecule has 128 valence electrons. The first-order chi connectivity index (χ1) is 11.0. The number of aliphatic hydroxyl groups excluding tert-OH is 1. The van der Waals surface area contributed by atoms with Crippen molar-refractivity contribution in [3.63, 3.8) is 0 Å². The summed E-state index contributed by atoms with van der Waals surface area (Å²) in [6.07, 6.45) is 0.811. The summed E-state index contributed by atoms with van der Waals surface area (Å²) in [4.78, 5) is 4.57. The molecule has 1 aromatic carbocycles. The van der Waals surface area contributed by atoms with Crippen LogP contribution < -0.4 is 9.64 Å². The van der Waals surface area contributed by atoms with Crippen LogP contribution in [0.15, 0.2) is 18.2 Å². The van der Waals surface area contributed by atoms with Crippen LogP contribution in [-0.4, -0.2) is 62.0 Å². The van der Waals surface area contributed by atoms with Crippen LogP contribution in [0.1, 0.15) is 31.9 Å². The summed E-state index contributed by atoms with van der Waals surface area (Å²) in [5.74, 6) is 0.879. The summed E-state index contributed by atoms with van der Waals surface area (Å²) in [6.45, 7) is 8.59. The van der Waals surface area contributed by atoms with Gasteiger partial charge in [0.05, 0.1) is 30.5 Å². The summed E-state index contributed by atoms with van der Waals surface area (Å²) in [6, 6.07) is 6.05. The van der Waals surface area contributed by atoms with Gasteiger partial charge in [-0.1, -0.05) is 6.07 Å². The van der Waals surface area contributed by atoms with Crippen LogP contribution >= 0.6 is 0 Å². The number of rotatable bonds is 4. The monoisotopic (exact) mass is 320 g/mol. The van der Waals surface area contributed by atoms with E-state index < -0.39 is 6.10 Å². The van der Waals surface area contributed by atoms with Gasteiger partial charge >= 0.3 is 0 Å². The zero-order chi connectivity index (χ0) is 16.4. The number of ether oxygens (including phenoxy) is 2. The van der Waals surface area contributed by atoms with Crippen molar-refractivity contribution in [1.29, 1.82) is 0 Å². The Hall–Kier alpha value is -1.30. The van der Waals surface area contributed by atoms with E-state index in [9.17, 15) is 5.11 Å². The van der Waals surface area contributed by atoms with Crippen molar-refractivity contribution in [3.05, 3.63) is 23.8 Å². The molecule has 1 aromatic rings. The number of hydrogen-bond acceptors (Lipinski definition) is 5. The van der Waals surface area contributed by atoms with Gasteiger partial charge in [0.25, 0.3) is 0 Å². The second kappa shape index (κ2) is 7.07. The molecule has 1 fully saturated rings. The fourth-order valence-electron chi connectivity index (χ4n) is 3.52. The SMILES string of the molecule is CC1CN(CCC(O)c2ccc3c(c2)OCCN3C)CC(C)O1. The van der Waals surface area contributed by atoms with E-state index in [0.717, 1.165) is 49.6 Å². The zero-order valence-electron chi connectivity index (χ0n) is 14.4. The average Bonchev–Trinajstić information content (AvgIpc) is 2.51. The highest BCUT2D eigenvalue weighted by atomic mass is 16.5. The fraction of sp³-hybridized carbons (Fsp3) is 0.667. The van der Waals surface area contributed by atoms with Crippen molar-refractivity contribution in [2.45, 2.75) is 38.6 Å². The first kappa shape index (κ1) is 16.6. The third-order valence-corrected chi connectivity index (χ3v) is 4.68. The third-order valence-electron chi connectivity index (χ3n) is 4.68. The number of fused-ring (bicyclic) bond motifs is 1. The Morgan fingerprint density at radius 2 is 2.00 bits per heavy atom. The highest BCUT2D eigenvalue weighted by Crippen LogP contribution is 2.33. The zero-order valence-corrected chi connectivity index (χ0v) is 14.4. The van der Waals surface area contributed by atoms with Crippen LogP contribution in [0, 0.1) is 0 Å². The van der Waals surface area contributed by atoms with Crippen molar-refractivity contribution in [2.24, 2.45) is 0 Å². The minimum atomic E-state index is -0.454. The van der Waals surface area contributed by atoms with Crippen molar-refractivity contribution in [3.8, 4) is 5.75 Å². The molecule has 3 unspecified atom stereocenters. The van der Waals surface area contributed by atoms with Crippen LogP contribution in [-0.2, 0) is 4.74 Å². The van der Waals surface area contributed by atoms with E-state index in [0.29, 0.717) is 6.61 Å². The molecule has 2 aliphatic heterocycles. The molecule has 0 spiro atoms. The van der Waals surface area contributed by atoms with Crippen molar-refractivity contribution in [2.75, 3.05) is 44.7 Å². The Morgan fingerprint density at radius 3 is 2.74 bits per heavy atom. The standard InChI is InChI=1S/C18H28N2O3/c1-13-11-20(12-14(2)23-13)7-6-17(21)15-4-5-16-18(10-15)22-9-8-19(16)3/h4-5,10,13-14,17,21H,6-9,11-12H2,1-3H3. The highest BCUT2D eigenvalue weighted by molar-refractivity contribution is 5.60. The molecule has 1 saturated heterocycles. The van der Waals surface area contributed by atoms with Crippen LogP contribution in [0.4, 0.5) is 5.69 Å². The van der Waals surface area contributed by atoms with Crippen molar-refractivity contribution < 1.29 is 14.6 Å². The summed E-state index contributed by atoms with van der Waals surface area (Å²) < 4.78 is 11.5. The predicted molar refractivity (Wildman–Crippen MR) is 91.2 cm³/mol. The maximum atomic E-state index is 10.5. The molecule has 3 rings (SSSR count). The van der Waals surface area contributed by atoms with Gasteiger partial charge in [-0.2, -0.15) is 0 Å². The molecule has 3 atom stereocenters. The maximum absolute atomic E-state index is 10.5. The van der Waals surface area contributed by atoms with Crippen molar-refractivity contribution in [1.82, 2.24) is 4.90 Å². The van der Waals surface area contributed by atoms with Gasteiger partial charge in [-0.15, -0.1) is 0 Å². The average molecular weight is 320 g/mol. The first-order valence-corrected chi connectivity index (χ1v) is 8.56. The van der Waals surface area contributed by atoms with Crippen LogP contribution in [0.25, 0.3) is 0 Å². The molecule has 0 radical (unpaired) electrons. The topological polar surface area (TPSA) is 45.2 Å². The molecule has 5 nitrogen and oxygen atoms in total. The third kappa shape index (κ3) is 3.97. The molecule has 0 aliphatic carbocycles. The molecular weight excluding hydrogens is 292 g/mol.